The largest absolute Gasteiger partial charge is 0.356 e. The highest BCUT2D eigenvalue weighted by Gasteiger charge is 2.32. The molecule has 1 fully saturated rings. The predicted octanol–water partition coefficient (Wildman–Crippen LogP) is 5.05. The van der Waals surface area contributed by atoms with Crippen LogP contribution in [0.5, 0.6) is 0 Å². The summed E-state index contributed by atoms with van der Waals surface area (Å²) in [5.74, 6) is 2.73. The van der Waals surface area contributed by atoms with Crippen LogP contribution in [0.1, 0.15) is 71.7 Å². The molecular weight excluding hydrogens is 404 g/mol. The van der Waals surface area contributed by atoms with E-state index in [0.717, 1.165) is 61.0 Å². The molecule has 31 heavy (non-hydrogen) atoms. The Balaban J connectivity index is 1.39. The summed E-state index contributed by atoms with van der Waals surface area (Å²) < 4.78 is 0. The van der Waals surface area contributed by atoms with Crippen LogP contribution in [0.2, 0.25) is 0 Å². The standard InChI is InChI=1S/C25H36N4OS/c1-16-13-23(27-17(2)26-16)29-11-9-20(10-12-29)28(6)24(30)22-15-18-14-19(25(3,4)5)7-8-21(18)31-22/h13,15,19-20H,7-12,14H2,1-6H3. The summed E-state index contributed by atoms with van der Waals surface area (Å²) in [4.78, 5) is 28.9. The van der Waals surface area contributed by atoms with Crippen LogP contribution in [-0.4, -0.2) is 47.0 Å². The maximum Gasteiger partial charge on any atom is 0.263 e. The Kier molecular flexibility index (Phi) is 6.12. The van der Waals surface area contributed by atoms with Crippen molar-refractivity contribution in [1.29, 1.82) is 0 Å². The number of aromatic nitrogens is 2. The first-order valence-electron chi connectivity index (χ1n) is 11.6. The summed E-state index contributed by atoms with van der Waals surface area (Å²) in [6.45, 7) is 12.8. The van der Waals surface area contributed by atoms with Crippen LogP contribution in [0.15, 0.2) is 12.1 Å². The topological polar surface area (TPSA) is 49.3 Å². The van der Waals surface area contributed by atoms with Crippen molar-refractivity contribution in [3.05, 3.63) is 39.0 Å². The summed E-state index contributed by atoms with van der Waals surface area (Å²) >= 11 is 1.73. The number of nitrogens with zero attached hydrogens (tertiary/aromatic N) is 4. The molecule has 0 aromatic carbocycles. The van der Waals surface area contributed by atoms with Gasteiger partial charge >= 0.3 is 0 Å². The van der Waals surface area contributed by atoms with Gasteiger partial charge in [-0.25, -0.2) is 9.97 Å². The summed E-state index contributed by atoms with van der Waals surface area (Å²) in [6, 6.07) is 4.54. The van der Waals surface area contributed by atoms with Gasteiger partial charge in [0.2, 0.25) is 0 Å². The number of fused-ring (bicyclic) bond motifs is 1. The van der Waals surface area contributed by atoms with Gasteiger partial charge in [-0.3, -0.25) is 4.79 Å². The highest BCUT2D eigenvalue weighted by atomic mass is 32.1. The van der Waals surface area contributed by atoms with Gasteiger partial charge in [0.1, 0.15) is 11.6 Å². The number of aryl methyl sites for hydroxylation is 3. The minimum absolute atomic E-state index is 0.193. The van der Waals surface area contributed by atoms with Crippen molar-refractivity contribution in [2.75, 3.05) is 25.0 Å². The normalized spacial score (nSPS) is 19.9. The predicted molar refractivity (Wildman–Crippen MR) is 128 cm³/mol. The van der Waals surface area contributed by atoms with Gasteiger partial charge in [0.15, 0.2) is 0 Å². The minimum Gasteiger partial charge on any atom is -0.356 e. The third-order valence-electron chi connectivity index (χ3n) is 7.13. The molecule has 2 aliphatic rings. The van der Waals surface area contributed by atoms with E-state index >= 15 is 0 Å². The molecule has 3 heterocycles. The summed E-state index contributed by atoms with van der Waals surface area (Å²) in [5.41, 5.74) is 2.75. The minimum atomic E-state index is 0.193. The smallest absolute Gasteiger partial charge is 0.263 e. The van der Waals surface area contributed by atoms with Crippen LogP contribution >= 0.6 is 11.3 Å². The van der Waals surface area contributed by atoms with Crippen LogP contribution in [0, 0.1) is 25.2 Å². The van der Waals surface area contributed by atoms with E-state index < -0.39 is 0 Å². The molecule has 1 aliphatic heterocycles. The lowest BCUT2D eigenvalue weighted by Gasteiger charge is -2.37. The van der Waals surface area contributed by atoms with E-state index in [9.17, 15) is 4.79 Å². The molecule has 1 saturated heterocycles. The number of hydrogen-bond donors (Lipinski definition) is 0. The number of hydrogen-bond acceptors (Lipinski definition) is 5. The first-order valence-corrected chi connectivity index (χ1v) is 12.4. The molecule has 0 radical (unpaired) electrons. The average Bonchev–Trinajstić information content (AvgIpc) is 3.15. The molecule has 0 N–H and O–H groups in total. The van der Waals surface area contributed by atoms with Crippen LogP contribution in [-0.2, 0) is 12.8 Å². The fourth-order valence-corrected chi connectivity index (χ4v) is 6.24. The number of rotatable bonds is 3. The van der Waals surface area contributed by atoms with E-state index in [0.29, 0.717) is 11.3 Å². The van der Waals surface area contributed by atoms with Crippen molar-refractivity contribution in [3.8, 4) is 0 Å². The lowest BCUT2D eigenvalue weighted by molar-refractivity contribution is 0.0714. The van der Waals surface area contributed by atoms with Crippen LogP contribution < -0.4 is 4.90 Å². The molecule has 0 bridgehead atoms. The molecule has 0 saturated carbocycles. The zero-order valence-electron chi connectivity index (χ0n) is 19.9. The second-order valence-electron chi connectivity index (χ2n) is 10.4. The Labute approximate surface area is 190 Å². The van der Waals surface area contributed by atoms with Crippen LogP contribution in [0.25, 0.3) is 0 Å². The zero-order valence-corrected chi connectivity index (χ0v) is 20.7. The lowest BCUT2D eigenvalue weighted by atomic mass is 9.72. The molecule has 1 atom stereocenters. The Morgan fingerprint density at radius 1 is 1.13 bits per heavy atom. The molecule has 5 nitrogen and oxygen atoms in total. The first-order chi connectivity index (χ1) is 14.6. The highest BCUT2D eigenvalue weighted by Crippen LogP contribution is 2.40. The number of anilines is 1. The zero-order chi connectivity index (χ0) is 22.3. The quantitative estimate of drug-likeness (QED) is 0.670. The van der Waals surface area contributed by atoms with Crippen molar-refractivity contribution >= 4 is 23.1 Å². The van der Waals surface area contributed by atoms with Crippen molar-refractivity contribution in [2.24, 2.45) is 11.3 Å². The van der Waals surface area contributed by atoms with Gasteiger partial charge in [-0.1, -0.05) is 20.8 Å². The van der Waals surface area contributed by atoms with Crippen molar-refractivity contribution < 1.29 is 4.79 Å². The second-order valence-corrected chi connectivity index (χ2v) is 11.6. The van der Waals surface area contributed by atoms with Gasteiger partial charge in [-0.15, -0.1) is 11.3 Å². The van der Waals surface area contributed by atoms with Crippen molar-refractivity contribution in [2.45, 2.75) is 72.8 Å². The highest BCUT2D eigenvalue weighted by molar-refractivity contribution is 7.14. The fourth-order valence-electron chi connectivity index (χ4n) is 5.05. The maximum absolute atomic E-state index is 13.3. The molecule has 6 heteroatoms. The maximum atomic E-state index is 13.3. The van der Waals surface area contributed by atoms with Crippen molar-refractivity contribution in [1.82, 2.24) is 14.9 Å². The Morgan fingerprint density at radius 2 is 1.84 bits per heavy atom. The van der Waals surface area contributed by atoms with Gasteiger partial charge in [0.25, 0.3) is 5.91 Å². The third kappa shape index (κ3) is 4.79. The van der Waals surface area contributed by atoms with Gasteiger partial charge in [-0.05, 0) is 68.9 Å². The van der Waals surface area contributed by atoms with Crippen LogP contribution in [0.3, 0.4) is 0 Å². The SMILES string of the molecule is Cc1cc(N2CCC(N(C)C(=O)c3cc4c(s3)CCC(C(C)(C)C)C4)CC2)nc(C)n1. The Morgan fingerprint density at radius 3 is 2.48 bits per heavy atom. The monoisotopic (exact) mass is 440 g/mol. The van der Waals surface area contributed by atoms with Gasteiger partial charge < -0.3 is 9.80 Å². The van der Waals surface area contributed by atoms with E-state index in [2.05, 4.69) is 47.8 Å². The van der Waals surface area contributed by atoms with E-state index in [1.54, 1.807) is 11.3 Å². The molecule has 1 aliphatic carbocycles. The second kappa shape index (κ2) is 8.53. The molecule has 0 spiro atoms. The summed E-state index contributed by atoms with van der Waals surface area (Å²) in [5, 5.41) is 0. The molecule has 4 rings (SSSR count). The average molecular weight is 441 g/mol. The van der Waals surface area contributed by atoms with E-state index in [1.165, 1.54) is 16.9 Å². The van der Waals surface area contributed by atoms with Gasteiger partial charge in [0.05, 0.1) is 4.88 Å². The van der Waals surface area contributed by atoms with E-state index in [-0.39, 0.29) is 11.9 Å². The first kappa shape index (κ1) is 22.3. The van der Waals surface area contributed by atoms with Crippen LogP contribution in [0.4, 0.5) is 5.82 Å². The van der Waals surface area contributed by atoms with E-state index in [4.69, 9.17) is 0 Å². The van der Waals surface area contributed by atoms with Crippen molar-refractivity contribution in [3.63, 3.8) is 0 Å². The molecule has 1 unspecified atom stereocenters. The van der Waals surface area contributed by atoms with Gasteiger partial charge in [0, 0.05) is 42.8 Å². The number of carbonyl (C=O) groups excluding carboxylic acids is 1. The molecule has 168 valence electrons. The third-order valence-corrected chi connectivity index (χ3v) is 8.35. The summed E-state index contributed by atoms with van der Waals surface area (Å²) in [6.07, 6.45) is 5.42. The molecule has 2 aromatic rings. The lowest BCUT2D eigenvalue weighted by Crippen LogP contribution is -2.45. The fraction of sp³-hybridized carbons (Fsp3) is 0.640. The Bertz CT molecular complexity index is 933. The molecule has 2 aromatic heterocycles. The molecular formula is C25H36N4OS. The number of amides is 1. The summed E-state index contributed by atoms with van der Waals surface area (Å²) in [7, 11) is 1.98. The van der Waals surface area contributed by atoms with Gasteiger partial charge in [-0.2, -0.15) is 0 Å². The number of carbonyl (C=O) groups is 1. The Hall–Kier alpha value is -1.95. The number of thiophene rings is 1. The van der Waals surface area contributed by atoms with E-state index in [1.807, 2.05) is 25.8 Å². The number of piperidine rings is 1. The molecule has 1 amide bonds.